The van der Waals surface area contributed by atoms with Gasteiger partial charge < -0.3 is 15.0 Å². The molecule has 7 nitrogen and oxygen atoms in total. The van der Waals surface area contributed by atoms with Crippen LogP contribution in [0.3, 0.4) is 0 Å². The number of nitrogens with zero attached hydrogens (tertiary/aromatic N) is 2. The fourth-order valence-corrected chi connectivity index (χ4v) is 2.61. The number of hydrogen-bond acceptors (Lipinski definition) is 5. The maximum atomic E-state index is 12.5. The van der Waals surface area contributed by atoms with E-state index in [4.69, 9.17) is 16.3 Å². The molecule has 0 spiro atoms. The Kier molecular flexibility index (Phi) is 4.64. The molecule has 0 aromatic heterocycles. The van der Waals surface area contributed by atoms with E-state index in [1.165, 1.54) is 12.1 Å². The fourth-order valence-electron chi connectivity index (χ4n) is 2.30. The van der Waals surface area contributed by atoms with Crippen LogP contribution in [0.1, 0.15) is 17.3 Å². The Morgan fingerprint density at radius 2 is 2.29 bits per heavy atom. The Balaban J connectivity index is 2.39. The lowest BCUT2D eigenvalue weighted by Gasteiger charge is -2.33. The molecular weight excluding hydrogens is 298 g/mol. The normalized spacial score (nSPS) is 18.4. The van der Waals surface area contributed by atoms with Crippen LogP contribution in [0.25, 0.3) is 0 Å². The Labute approximate surface area is 127 Å². The van der Waals surface area contributed by atoms with Crippen molar-refractivity contribution < 1.29 is 14.5 Å². The second kappa shape index (κ2) is 6.28. The molecule has 21 heavy (non-hydrogen) atoms. The zero-order valence-corrected chi connectivity index (χ0v) is 12.5. The number of nitro benzene ring substituents is 1. The van der Waals surface area contributed by atoms with Gasteiger partial charge in [0.1, 0.15) is 5.69 Å². The van der Waals surface area contributed by atoms with Crippen molar-refractivity contribution in [2.45, 2.75) is 13.0 Å². The molecule has 1 aliphatic heterocycles. The third kappa shape index (κ3) is 3.08. The van der Waals surface area contributed by atoms with Crippen LogP contribution >= 0.6 is 11.6 Å². The van der Waals surface area contributed by atoms with E-state index in [0.29, 0.717) is 19.8 Å². The Hall–Kier alpha value is -1.86. The molecule has 1 heterocycles. The summed E-state index contributed by atoms with van der Waals surface area (Å²) in [7, 11) is 1.54. The highest BCUT2D eigenvalue weighted by molar-refractivity contribution is 6.34. The Morgan fingerprint density at radius 1 is 1.57 bits per heavy atom. The lowest BCUT2D eigenvalue weighted by molar-refractivity contribution is -0.384. The van der Waals surface area contributed by atoms with Gasteiger partial charge in [-0.2, -0.15) is 0 Å². The van der Waals surface area contributed by atoms with Crippen molar-refractivity contribution in [2.24, 2.45) is 0 Å². The van der Waals surface area contributed by atoms with Gasteiger partial charge in [0.05, 0.1) is 29.2 Å². The van der Waals surface area contributed by atoms with Gasteiger partial charge in [-0.05, 0) is 13.0 Å². The minimum absolute atomic E-state index is 0.0759. The number of ether oxygens (including phenoxy) is 1. The van der Waals surface area contributed by atoms with Crippen molar-refractivity contribution in [3.8, 4) is 0 Å². The second-order valence-electron chi connectivity index (χ2n) is 4.78. The summed E-state index contributed by atoms with van der Waals surface area (Å²) in [4.78, 5) is 24.7. The summed E-state index contributed by atoms with van der Waals surface area (Å²) in [5.74, 6) is -0.279. The maximum absolute atomic E-state index is 12.5. The average Bonchev–Trinajstić information content (AvgIpc) is 2.46. The Bertz CT molecular complexity index is 579. The van der Waals surface area contributed by atoms with Gasteiger partial charge in [0.15, 0.2) is 0 Å². The number of halogens is 1. The lowest BCUT2D eigenvalue weighted by Crippen LogP contribution is -2.47. The number of amides is 1. The first-order valence-corrected chi connectivity index (χ1v) is 6.88. The number of carbonyl (C=O) groups is 1. The first-order valence-electron chi connectivity index (χ1n) is 6.50. The van der Waals surface area contributed by atoms with E-state index in [0.717, 1.165) is 0 Å². The van der Waals surface area contributed by atoms with Gasteiger partial charge in [0.2, 0.25) is 0 Å². The van der Waals surface area contributed by atoms with E-state index in [2.05, 4.69) is 5.32 Å². The molecule has 1 amide bonds. The monoisotopic (exact) mass is 313 g/mol. The summed E-state index contributed by atoms with van der Waals surface area (Å²) in [6, 6.07) is 2.63. The molecule has 1 aliphatic rings. The minimum Gasteiger partial charge on any atom is -0.381 e. The van der Waals surface area contributed by atoms with Crippen LogP contribution in [0.5, 0.6) is 0 Å². The van der Waals surface area contributed by atoms with E-state index in [9.17, 15) is 14.9 Å². The zero-order valence-electron chi connectivity index (χ0n) is 11.8. The van der Waals surface area contributed by atoms with Crippen LogP contribution in [0.2, 0.25) is 5.02 Å². The van der Waals surface area contributed by atoms with Gasteiger partial charge in [-0.1, -0.05) is 11.6 Å². The van der Waals surface area contributed by atoms with Crippen molar-refractivity contribution >= 4 is 28.9 Å². The van der Waals surface area contributed by atoms with Crippen molar-refractivity contribution in [2.75, 3.05) is 32.1 Å². The van der Waals surface area contributed by atoms with Crippen LogP contribution < -0.4 is 5.32 Å². The number of nitrogens with one attached hydrogen (secondary N) is 1. The summed E-state index contributed by atoms with van der Waals surface area (Å²) < 4.78 is 5.28. The molecule has 1 aromatic rings. The van der Waals surface area contributed by atoms with Gasteiger partial charge in [-0.3, -0.25) is 14.9 Å². The quantitative estimate of drug-likeness (QED) is 0.682. The molecule has 1 atom stereocenters. The fraction of sp³-hybridized carbons (Fsp3) is 0.462. The molecule has 1 unspecified atom stereocenters. The molecule has 1 N–H and O–H groups in total. The number of rotatable bonds is 3. The second-order valence-corrected chi connectivity index (χ2v) is 5.19. The number of carbonyl (C=O) groups excluding carboxylic acids is 1. The largest absolute Gasteiger partial charge is 0.381 e. The van der Waals surface area contributed by atoms with Gasteiger partial charge in [0.25, 0.3) is 11.6 Å². The first kappa shape index (κ1) is 15.5. The molecule has 0 radical (unpaired) electrons. The molecular formula is C13H16ClN3O4. The SMILES string of the molecule is CNc1c(Cl)cc(C(=O)N2CCOCC2C)cc1[N+](=O)[O-]. The smallest absolute Gasteiger partial charge is 0.294 e. The maximum Gasteiger partial charge on any atom is 0.294 e. The molecule has 114 valence electrons. The Morgan fingerprint density at radius 3 is 2.86 bits per heavy atom. The van der Waals surface area contributed by atoms with Gasteiger partial charge in [0, 0.05) is 25.2 Å². The molecule has 0 aliphatic carbocycles. The minimum atomic E-state index is -0.558. The molecule has 2 rings (SSSR count). The van der Waals surface area contributed by atoms with Gasteiger partial charge in [-0.15, -0.1) is 0 Å². The van der Waals surface area contributed by atoms with Gasteiger partial charge in [-0.25, -0.2) is 0 Å². The van der Waals surface area contributed by atoms with Crippen molar-refractivity contribution in [1.29, 1.82) is 0 Å². The number of nitro groups is 1. The van der Waals surface area contributed by atoms with Crippen LogP contribution in [0.15, 0.2) is 12.1 Å². The topological polar surface area (TPSA) is 84.7 Å². The predicted octanol–water partition coefficient (Wildman–Crippen LogP) is 2.15. The molecule has 1 fully saturated rings. The van der Waals surface area contributed by atoms with E-state index < -0.39 is 4.92 Å². The third-order valence-corrected chi connectivity index (χ3v) is 3.69. The summed E-state index contributed by atoms with van der Waals surface area (Å²) in [5, 5.41) is 13.9. The average molecular weight is 314 g/mol. The van der Waals surface area contributed by atoms with E-state index >= 15 is 0 Å². The molecule has 1 saturated heterocycles. The summed E-state index contributed by atoms with van der Waals surface area (Å²) in [6.07, 6.45) is 0. The third-order valence-electron chi connectivity index (χ3n) is 3.39. The van der Waals surface area contributed by atoms with E-state index in [1.807, 2.05) is 6.92 Å². The zero-order chi connectivity index (χ0) is 15.6. The number of benzene rings is 1. The standard InChI is InChI=1S/C13H16ClN3O4/c1-8-7-21-4-3-16(8)13(18)9-5-10(14)12(15-2)11(6-9)17(19)20/h5-6,8,15H,3-4,7H2,1-2H3. The molecule has 1 aromatic carbocycles. The molecule has 8 heteroatoms. The van der Waals surface area contributed by atoms with Gasteiger partial charge >= 0.3 is 0 Å². The van der Waals surface area contributed by atoms with E-state index in [-0.39, 0.29) is 33.9 Å². The van der Waals surface area contributed by atoms with Crippen LogP contribution in [0.4, 0.5) is 11.4 Å². The first-order chi connectivity index (χ1) is 9.95. The van der Waals surface area contributed by atoms with Crippen molar-refractivity contribution in [1.82, 2.24) is 4.90 Å². The van der Waals surface area contributed by atoms with Crippen molar-refractivity contribution in [3.63, 3.8) is 0 Å². The summed E-state index contributed by atoms with van der Waals surface area (Å²) in [5.41, 5.74) is 0.196. The summed E-state index contributed by atoms with van der Waals surface area (Å²) >= 11 is 6.04. The highest BCUT2D eigenvalue weighted by Gasteiger charge is 2.27. The van der Waals surface area contributed by atoms with E-state index in [1.54, 1.807) is 11.9 Å². The number of anilines is 1. The highest BCUT2D eigenvalue weighted by Crippen LogP contribution is 2.34. The molecule has 0 bridgehead atoms. The van der Waals surface area contributed by atoms with Crippen LogP contribution in [0, 0.1) is 10.1 Å². The van der Waals surface area contributed by atoms with Crippen molar-refractivity contribution in [3.05, 3.63) is 32.8 Å². The predicted molar refractivity (Wildman–Crippen MR) is 79.0 cm³/mol. The number of morpholine rings is 1. The van der Waals surface area contributed by atoms with Crippen LogP contribution in [-0.2, 0) is 4.74 Å². The summed E-state index contributed by atoms with van der Waals surface area (Å²) in [6.45, 7) is 3.24. The highest BCUT2D eigenvalue weighted by atomic mass is 35.5. The van der Waals surface area contributed by atoms with Crippen LogP contribution in [-0.4, -0.2) is 48.6 Å². The molecule has 0 saturated carbocycles. The lowest BCUT2D eigenvalue weighted by atomic mass is 10.1. The number of hydrogen-bond donors (Lipinski definition) is 1.